The van der Waals surface area contributed by atoms with E-state index in [0.717, 1.165) is 12.1 Å². The lowest BCUT2D eigenvalue weighted by Crippen LogP contribution is -2.46. The van der Waals surface area contributed by atoms with Gasteiger partial charge in [0.15, 0.2) is 17.2 Å². The van der Waals surface area contributed by atoms with Gasteiger partial charge < -0.3 is 30.3 Å². The minimum absolute atomic E-state index is 0.0654. The average Bonchev–Trinajstić information content (AvgIpc) is 2.71. The number of phenols is 3. The van der Waals surface area contributed by atoms with E-state index in [-0.39, 0.29) is 23.4 Å². The van der Waals surface area contributed by atoms with Crippen LogP contribution in [-0.2, 0) is 0 Å². The van der Waals surface area contributed by atoms with Crippen LogP contribution in [-0.4, -0.2) is 58.3 Å². The van der Waals surface area contributed by atoms with E-state index in [1.165, 1.54) is 7.11 Å². The van der Waals surface area contributed by atoms with Crippen LogP contribution in [0.5, 0.6) is 23.0 Å². The van der Waals surface area contributed by atoms with Crippen LogP contribution in [0.2, 0.25) is 0 Å². The number of carbonyl (C=O) groups is 2. The molecule has 0 atom stereocenters. The molecule has 0 radical (unpaired) electrons. The van der Waals surface area contributed by atoms with Gasteiger partial charge in [0.2, 0.25) is 0 Å². The molecule has 0 bridgehead atoms. The molecule has 1 heterocycles. The van der Waals surface area contributed by atoms with Crippen LogP contribution in [0.1, 0.15) is 33.6 Å². The van der Waals surface area contributed by atoms with Gasteiger partial charge in [-0.3, -0.25) is 9.59 Å². The van der Waals surface area contributed by atoms with E-state index >= 15 is 0 Å². The summed E-state index contributed by atoms with van der Waals surface area (Å²) in [7, 11) is 1.54. The molecule has 3 rings (SSSR count). The molecule has 0 unspecified atom stereocenters. The zero-order valence-electron chi connectivity index (χ0n) is 15.4. The summed E-state index contributed by atoms with van der Waals surface area (Å²) in [6.07, 6.45) is 1.16. The molecule has 8 nitrogen and oxygen atoms in total. The number of amides is 2. The number of piperidine rings is 1. The second kappa shape index (κ2) is 8.08. The van der Waals surface area contributed by atoms with Gasteiger partial charge >= 0.3 is 0 Å². The van der Waals surface area contributed by atoms with E-state index in [4.69, 9.17) is 4.74 Å². The van der Waals surface area contributed by atoms with Gasteiger partial charge in [0.1, 0.15) is 5.75 Å². The van der Waals surface area contributed by atoms with Gasteiger partial charge in [-0.2, -0.15) is 0 Å². The predicted molar refractivity (Wildman–Crippen MR) is 101 cm³/mol. The number of hydrogen-bond acceptors (Lipinski definition) is 6. The number of nitrogens with zero attached hydrogens (tertiary/aromatic N) is 1. The van der Waals surface area contributed by atoms with Gasteiger partial charge in [-0.05, 0) is 43.2 Å². The molecular weight excluding hydrogens is 364 g/mol. The molecule has 0 saturated carbocycles. The fourth-order valence-corrected chi connectivity index (χ4v) is 3.17. The highest BCUT2D eigenvalue weighted by atomic mass is 16.5. The average molecular weight is 386 g/mol. The number of rotatable bonds is 4. The lowest BCUT2D eigenvalue weighted by atomic mass is 10.0. The second-order valence-electron chi connectivity index (χ2n) is 6.63. The van der Waals surface area contributed by atoms with Crippen molar-refractivity contribution in [3.05, 3.63) is 47.5 Å². The molecule has 1 fully saturated rings. The van der Waals surface area contributed by atoms with Crippen LogP contribution in [0, 0.1) is 0 Å². The maximum atomic E-state index is 12.6. The first-order chi connectivity index (χ1) is 13.4. The molecule has 148 valence electrons. The van der Waals surface area contributed by atoms with Crippen LogP contribution >= 0.6 is 0 Å². The Morgan fingerprint density at radius 2 is 1.68 bits per heavy atom. The minimum Gasteiger partial charge on any atom is -0.504 e. The van der Waals surface area contributed by atoms with Crippen molar-refractivity contribution < 1.29 is 29.6 Å². The fourth-order valence-electron chi connectivity index (χ4n) is 3.17. The number of methoxy groups -OCH3 is 1. The Bertz CT molecular complexity index is 867. The Balaban J connectivity index is 1.58. The van der Waals surface area contributed by atoms with Gasteiger partial charge in [-0.15, -0.1) is 0 Å². The first-order valence-electron chi connectivity index (χ1n) is 8.88. The fraction of sp³-hybridized carbons (Fsp3) is 0.300. The van der Waals surface area contributed by atoms with Gasteiger partial charge in [0.05, 0.1) is 7.11 Å². The van der Waals surface area contributed by atoms with Crippen molar-refractivity contribution in [2.24, 2.45) is 0 Å². The maximum absolute atomic E-state index is 12.6. The number of likely N-dealkylation sites (tertiary alicyclic amines) is 1. The van der Waals surface area contributed by atoms with Crippen molar-refractivity contribution in [1.82, 2.24) is 10.2 Å². The minimum atomic E-state index is -0.657. The molecule has 28 heavy (non-hydrogen) atoms. The Labute approximate surface area is 162 Å². The number of carbonyl (C=O) groups excluding carboxylic acids is 2. The largest absolute Gasteiger partial charge is 0.504 e. The van der Waals surface area contributed by atoms with Crippen molar-refractivity contribution in [2.75, 3.05) is 20.2 Å². The third-order valence-corrected chi connectivity index (χ3v) is 4.77. The summed E-state index contributed by atoms with van der Waals surface area (Å²) in [6, 6.07) is 9.06. The second-order valence-corrected chi connectivity index (χ2v) is 6.63. The summed E-state index contributed by atoms with van der Waals surface area (Å²) < 4.78 is 5.13. The monoisotopic (exact) mass is 386 g/mol. The number of hydrogen-bond donors (Lipinski definition) is 4. The number of ether oxygens (including phenoxy) is 1. The Hall–Kier alpha value is -3.42. The van der Waals surface area contributed by atoms with Crippen molar-refractivity contribution in [2.45, 2.75) is 18.9 Å². The number of benzene rings is 2. The van der Waals surface area contributed by atoms with Gasteiger partial charge in [0, 0.05) is 30.3 Å². The van der Waals surface area contributed by atoms with E-state index in [2.05, 4.69) is 5.32 Å². The molecule has 2 amide bonds. The Morgan fingerprint density at radius 1 is 1.04 bits per heavy atom. The number of nitrogens with one attached hydrogen (secondary N) is 1. The van der Waals surface area contributed by atoms with Crippen molar-refractivity contribution in [3.63, 3.8) is 0 Å². The SMILES string of the molecule is COc1cccc(C(=O)NC2CCN(C(=O)c3cc(O)c(O)c(O)c3)CC2)c1. The van der Waals surface area contributed by atoms with E-state index in [1.54, 1.807) is 29.2 Å². The normalized spacial score (nSPS) is 14.5. The molecule has 1 saturated heterocycles. The zero-order chi connectivity index (χ0) is 20.3. The molecule has 1 aliphatic rings. The van der Waals surface area contributed by atoms with E-state index < -0.39 is 17.2 Å². The van der Waals surface area contributed by atoms with E-state index in [1.807, 2.05) is 0 Å². The first kappa shape index (κ1) is 19.3. The summed E-state index contributed by atoms with van der Waals surface area (Å²) in [5.41, 5.74) is 0.597. The Morgan fingerprint density at radius 3 is 2.29 bits per heavy atom. The first-order valence-corrected chi connectivity index (χ1v) is 8.88. The lowest BCUT2D eigenvalue weighted by Gasteiger charge is -2.32. The van der Waals surface area contributed by atoms with Crippen LogP contribution < -0.4 is 10.1 Å². The third kappa shape index (κ3) is 4.11. The maximum Gasteiger partial charge on any atom is 0.254 e. The quantitative estimate of drug-likeness (QED) is 0.596. The summed E-state index contributed by atoms with van der Waals surface area (Å²) >= 11 is 0. The van der Waals surface area contributed by atoms with Crippen LogP contribution in [0.3, 0.4) is 0 Å². The van der Waals surface area contributed by atoms with Crippen LogP contribution in [0.15, 0.2) is 36.4 Å². The highest BCUT2D eigenvalue weighted by molar-refractivity contribution is 5.96. The molecule has 1 aliphatic heterocycles. The number of phenolic OH excluding ortho intramolecular Hbond substituents is 3. The highest BCUT2D eigenvalue weighted by Gasteiger charge is 2.26. The summed E-state index contributed by atoms with van der Waals surface area (Å²) in [6.45, 7) is 0.842. The third-order valence-electron chi connectivity index (χ3n) is 4.77. The zero-order valence-corrected chi connectivity index (χ0v) is 15.4. The van der Waals surface area contributed by atoms with Crippen molar-refractivity contribution >= 4 is 11.8 Å². The van der Waals surface area contributed by atoms with Crippen LogP contribution in [0.4, 0.5) is 0 Å². The summed E-state index contributed by atoms with van der Waals surface area (Å²) in [5, 5.41) is 31.5. The summed E-state index contributed by atoms with van der Waals surface area (Å²) in [5.74, 6) is -1.71. The summed E-state index contributed by atoms with van der Waals surface area (Å²) in [4.78, 5) is 26.5. The smallest absolute Gasteiger partial charge is 0.254 e. The molecule has 8 heteroatoms. The molecular formula is C20H22N2O6. The van der Waals surface area contributed by atoms with Gasteiger partial charge in [0.25, 0.3) is 11.8 Å². The van der Waals surface area contributed by atoms with Gasteiger partial charge in [-0.25, -0.2) is 0 Å². The molecule has 0 aliphatic carbocycles. The molecule has 0 spiro atoms. The topological polar surface area (TPSA) is 119 Å². The Kier molecular flexibility index (Phi) is 5.58. The lowest BCUT2D eigenvalue weighted by molar-refractivity contribution is 0.0697. The van der Waals surface area contributed by atoms with Gasteiger partial charge in [-0.1, -0.05) is 6.07 Å². The highest BCUT2D eigenvalue weighted by Crippen LogP contribution is 2.35. The van der Waals surface area contributed by atoms with E-state index in [9.17, 15) is 24.9 Å². The molecule has 4 N–H and O–H groups in total. The molecule has 0 aromatic heterocycles. The van der Waals surface area contributed by atoms with Crippen LogP contribution in [0.25, 0.3) is 0 Å². The van der Waals surface area contributed by atoms with Crippen molar-refractivity contribution in [3.8, 4) is 23.0 Å². The molecule has 2 aromatic carbocycles. The number of aromatic hydroxyl groups is 3. The molecule has 2 aromatic rings. The standard InChI is InChI=1S/C20H22N2O6/c1-28-15-4-2-3-12(9-15)19(26)21-14-5-7-22(8-6-14)20(27)13-10-16(23)18(25)17(24)11-13/h2-4,9-11,14,23-25H,5-8H2,1H3,(H,21,26). The predicted octanol–water partition coefficient (Wildman–Crippen LogP) is 1.85. The van der Waals surface area contributed by atoms with Crippen molar-refractivity contribution in [1.29, 1.82) is 0 Å². The van der Waals surface area contributed by atoms with E-state index in [0.29, 0.717) is 37.2 Å².